The number of nitrogens with two attached hydrogens (primary N) is 1. The van der Waals surface area contributed by atoms with E-state index in [-0.39, 0.29) is 30.1 Å². The molecule has 0 radical (unpaired) electrons. The molecule has 1 heterocycles. The molecular weight excluding hydrogens is 374 g/mol. The molecule has 0 spiro atoms. The highest BCUT2D eigenvalue weighted by Crippen LogP contribution is 2.33. The molecule has 2 fully saturated rings. The summed E-state index contributed by atoms with van der Waals surface area (Å²) in [5.74, 6) is 0.213. The fraction of sp³-hybridized carbons (Fsp3) is 0.636. The number of hydrogen-bond donors (Lipinski definition) is 1. The predicted molar refractivity (Wildman–Crippen MR) is 114 cm³/mol. The van der Waals surface area contributed by atoms with Crippen LogP contribution in [0.1, 0.15) is 52.0 Å². The van der Waals surface area contributed by atoms with Gasteiger partial charge >= 0.3 is 0 Å². The predicted octanol–water partition coefficient (Wildman–Crippen LogP) is 2.96. The maximum absolute atomic E-state index is 13.1. The lowest BCUT2D eigenvalue weighted by atomic mass is 9.74. The van der Waals surface area contributed by atoms with Crippen LogP contribution in [-0.2, 0) is 15.0 Å². The van der Waals surface area contributed by atoms with Gasteiger partial charge in [-0.3, -0.25) is 9.59 Å². The Morgan fingerprint density at radius 2 is 1.61 bits per heavy atom. The summed E-state index contributed by atoms with van der Waals surface area (Å²) in [6.45, 7) is 8.35. The molecule has 5 nitrogen and oxygen atoms in total. The zero-order valence-electron chi connectivity index (χ0n) is 17.3. The summed E-state index contributed by atoms with van der Waals surface area (Å²) in [6.07, 6.45) is 3.97. The molecular formula is C22H34ClN3O2. The van der Waals surface area contributed by atoms with Crippen LogP contribution in [0.4, 0.5) is 0 Å². The molecule has 2 atom stereocenters. The smallest absolute Gasteiger partial charge is 0.232 e. The van der Waals surface area contributed by atoms with E-state index in [1.165, 1.54) is 0 Å². The normalized spacial score (nSPS) is 25.8. The van der Waals surface area contributed by atoms with E-state index >= 15 is 0 Å². The first-order chi connectivity index (χ1) is 12.7. The molecule has 0 aromatic heterocycles. The Hall–Kier alpha value is -1.59. The van der Waals surface area contributed by atoms with Gasteiger partial charge in [-0.05, 0) is 39.2 Å². The van der Waals surface area contributed by atoms with Gasteiger partial charge in [0.05, 0.1) is 11.3 Å². The quantitative estimate of drug-likeness (QED) is 0.837. The fourth-order valence-corrected chi connectivity index (χ4v) is 4.49. The van der Waals surface area contributed by atoms with E-state index in [9.17, 15) is 9.59 Å². The van der Waals surface area contributed by atoms with E-state index in [1.807, 2.05) is 60.9 Å². The van der Waals surface area contributed by atoms with Crippen LogP contribution < -0.4 is 5.73 Å². The molecule has 1 aromatic rings. The van der Waals surface area contributed by atoms with Gasteiger partial charge in [-0.25, -0.2) is 0 Å². The van der Waals surface area contributed by atoms with Gasteiger partial charge in [-0.15, -0.1) is 12.4 Å². The molecule has 1 aromatic carbocycles. The summed E-state index contributed by atoms with van der Waals surface area (Å²) in [7, 11) is 0. The largest absolute Gasteiger partial charge is 0.339 e. The SMILES string of the molecule is CC(C)(C(=O)N1CCN(C(=O)C2CCCCC2(C)N)CC1)c1ccccc1.Cl. The van der Waals surface area contributed by atoms with E-state index in [1.54, 1.807) is 0 Å². The van der Waals surface area contributed by atoms with Crippen LogP contribution in [0.3, 0.4) is 0 Å². The molecule has 1 aliphatic heterocycles. The Morgan fingerprint density at radius 3 is 2.18 bits per heavy atom. The van der Waals surface area contributed by atoms with Crippen molar-refractivity contribution in [2.24, 2.45) is 11.7 Å². The van der Waals surface area contributed by atoms with Gasteiger partial charge in [0.15, 0.2) is 0 Å². The minimum atomic E-state index is -0.563. The van der Waals surface area contributed by atoms with Gasteiger partial charge in [0.1, 0.15) is 0 Å². The molecule has 28 heavy (non-hydrogen) atoms. The first-order valence-electron chi connectivity index (χ1n) is 10.2. The molecule has 3 rings (SSSR count). The molecule has 1 saturated carbocycles. The summed E-state index contributed by atoms with van der Waals surface area (Å²) >= 11 is 0. The standard InChI is InChI=1S/C22H33N3O2.ClH/c1-21(2,17-9-5-4-6-10-17)20(27)25-15-13-24(14-16-25)19(26)18-11-7-8-12-22(18,3)23;/h4-6,9-10,18H,7-8,11-16,23H2,1-3H3;1H. The summed E-state index contributed by atoms with van der Waals surface area (Å²) in [5, 5.41) is 0. The number of carbonyl (C=O) groups excluding carboxylic acids is 2. The van der Waals surface area contributed by atoms with E-state index < -0.39 is 11.0 Å². The molecule has 6 heteroatoms. The van der Waals surface area contributed by atoms with Crippen LogP contribution in [0.25, 0.3) is 0 Å². The molecule has 0 bridgehead atoms. The van der Waals surface area contributed by atoms with Crippen LogP contribution in [-0.4, -0.2) is 53.3 Å². The molecule has 2 amide bonds. The second-order valence-electron chi connectivity index (χ2n) is 8.91. The van der Waals surface area contributed by atoms with Gasteiger partial charge < -0.3 is 15.5 Å². The zero-order chi connectivity index (χ0) is 19.7. The highest BCUT2D eigenvalue weighted by atomic mass is 35.5. The van der Waals surface area contributed by atoms with Gasteiger partial charge in [-0.1, -0.05) is 43.2 Å². The minimum Gasteiger partial charge on any atom is -0.339 e. The van der Waals surface area contributed by atoms with Crippen molar-refractivity contribution >= 4 is 24.2 Å². The van der Waals surface area contributed by atoms with Crippen molar-refractivity contribution in [3.8, 4) is 0 Å². The number of rotatable bonds is 3. The van der Waals surface area contributed by atoms with Crippen LogP contribution in [0.15, 0.2) is 30.3 Å². The maximum atomic E-state index is 13.1. The Labute approximate surface area is 175 Å². The highest BCUT2D eigenvalue weighted by Gasteiger charge is 2.41. The second kappa shape index (κ2) is 8.83. The van der Waals surface area contributed by atoms with Crippen LogP contribution in [0.5, 0.6) is 0 Å². The second-order valence-corrected chi connectivity index (χ2v) is 8.91. The number of piperazine rings is 1. The third-order valence-electron chi connectivity index (χ3n) is 6.46. The zero-order valence-corrected chi connectivity index (χ0v) is 18.1. The Bertz CT molecular complexity index is 682. The molecule has 1 saturated heterocycles. The number of carbonyl (C=O) groups is 2. The van der Waals surface area contributed by atoms with Crippen molar-refractivity contribution in [3.05, 3.63) is 35.9 Å². The van der Waals surface area contributed by atoms with E-state index in [2.05, 4.69) is 0 Å². The first-order valence-corrected chi connectivity index (χ1v) is 10.2. The van der Waals surface area contributed by atoms with Crippen molar-refractivity contribution in [2.75, 3.05) is 26.2 Å². The third kappa shape index (κ3) is 4.52. The Balaban J connectivity index is 0.00000280. The summed E-state index contributed by atoms with van der Waals surface area (Å²) in [4.78, 5) is 29.9. The lowest BCUT2D eigenvalue weighted by Crippen LogP contribution is -2.59. The lowest BCUT2D eigenvalue weighted by molar-refractivity contribution is -0.146. The molecule has 2 aliphatic rings. The van der Waals surface area contributed by atoms with E-state index in [0.717, 1.165) is 31.2 Å². The maximum Gasteiger partial charge on any atom is 0.232 e. The van der Waals surface area contributed by atoms with E-state index in [0.29, 0.717) is 26.2 Å². The van der Waals surface area contributed by atoms with Crippen molar-refractivity contribution in [3.63, 3.8) is 0 Å². The van der Waals surface area contributed by atoms with Crippen LogP contribution in [0, 0.1) is 5.92 Å². The van der Waals surface area contributed by atoms with Crippen molar-refractivity contribution in [2.45, 2.75) is 57.4 Å². The topological polar surface area (TPSA) is 66.6 Å². The number of hydrogen-bond acceptors (Lipinski definition) is 3. The molecule has 2 unspecified atom stereocenters. The van der Waals surface area contributed by atoms with Gasteiger partial charge in [-0.2, -0.15) is 0 Å². The Kier molecular flexibility index (Phi) is 7.16. The third-order valence-corrected chi connectivity index (χ3v) is 6.46. The van der Waals surface area contributed by atoms with Crippen LogP contribution in [0.2, 0.25) is 0 Å². The lowest BCUT2D eigenvalue weighted by Gasteiger charge is -2.43. The van der Waals surface area contributed by atoms with Crippen molar-refractivity contribution < 1.29 is 9.59 Å². The first kappa shape index (κ1) is 22.7. The highest BCUT2D eigenvalue weighted by molar-refractivity contribution is 5.88. The molecule has 1 aliphatic carbocycles. The summed E-state index contributed by atoms with van der Waals surface area (Å²) in [6, 6.07) is 9.90. The molecule has 2 N–H and O–H groups in total. The fourth-order valence-electron chi connectivity index (χ4n) is 4.49. The average molecular weight is 408 g/mol. The molecule has 156 valence electrons. The van der Waals surface area contributed by atoms with Gasteiger partial charge in [0.25, 0.3) is 0 Å². The van der Waals surface area contributed by atoms with Crippen molar-refractivity contribution in [1.82, 2.24) is 9.80 Å². The summed E-state index contributed by atoms with van der Waals surface area (Å²) < 4.78 is 0. The van der Waals surface area contributed by atoms with Gasteiger partial charge in [0, 0.05) is 31.7 Å². The van der Waals surface area contributed by atoms with Gasteiger partial charge in [0.2, 0.25) is 11.8 Å². The van der Waals surface area contributed by atoms with Crippen molar-refractivity contribution in [1.29, 1.82) is 0 Å². The number of amides is 2. The minimum absolute atomic E-state index is 0. The number of halogens is 1. The van der Waals surface area contributed by atoms with E-state index in [4.69, 9.17) is 5.73 Å². The Morgan fingerprint density at radius 1 is 1.04 bits per heavy atom. The number of benzene rings is 1. The monoisotopic (exact) mass is 407 g/mol. The summed E-state index contributed by atoms with van der Waals surface area (Å²) in [5.41, 5.74) is 6.47. The van der Waals surface area contributed by atoms with Crippen LogP contribution >= 0.6 is 12.4 Å². The average Bonchev–Trinajstić information content (AvgIpc) is 2.67. The number of nitrogens with zero attached hydrogens (tertiary/aromatic N) is 2.